The van der Waals surface area contributed by atoms with E-state index < -0.39 is 6.16 Å². The molecule has 0 saturated carbocycles. The first-order valence-electron chi connectivity index (χ1n) is 7.41. The molecule has 0 heterocycles. The SMILES string of the molecule is CCc1cc(Br)c(OCc2c(C)cccc2OC(=O)OC)cc1Cl. The van der Waals surface area contributed by atoms with Gasteiger partial charge in [0.15, 0.2) is 0 Å². The van der Waals surface area contributed by atoms with Crippen LogP contribution in [0, 0.1) is 6.92 Å². The molecule has 0 saturated heterocycles. The quantitative estimate of drug-likeness (QED) is 0.466. The van der Waals surface area contributed by atoms with E-state index in [9.17, 15) is 4.79 Å². The minimum Gasteiger partial charge on any atom is -0.488 e. The lowest BCUT2D eigenvalue weighted by atomic mass is 10.1. The minimum absolute atomic E-state index is 0.236. The van der Waals surface area contributed by atoms with E-state index in [-0.39, 0.29) is 6.61 Å². The average Bonchev–Trinajstić information content (AvgIpc) is 2.56. The van der Waals surface area contributed by atoms with Crippen molar-refractivity contribution in [3.63, 3.8) is 0 Å². The van der Waals surface area contributed by atoms with E-state index in [1.807, 2.05) is 26.0 Å². The Morgan fingerprint density at radius 2 is 2.00 bits per heavy atom. The van der Waals surface area contributed by atoms with Gasteiger partial charge in [0.25, 0.3) is 0 Å². The molecular weight excluding hydrogens is 396 g/mol. The van der Waals surface area contributed by atoms with Crippen molar-refractivity contribution in [2.45, 2.75) is 26.9 Å². The third kappa shape index (κ3) is 4.42. The number of carbonyl (C=O) groups is 1. The minimum atomic E-state index is -0.765. The van der Waals surface area contributed by atoms with E-state index in [0.717, 1.165) is 27.6 Å². The third-order valence-corrected chi connectivity index (χ3v) is 4.55. The summed E-state index contributed by atoms with van der Waals surface area (Å²) in [5, 5.41) is 0.659. The topological polar surface area (TPSA) is 44.8 Å². The Labute approximate surface area is 154 Å². The van der Waals surface area contributed by atoms with Crippen LogP contribution in [0.4, 0.5) is 4.79 Å². The van der Waals surface area contributed by atoms with Gasteiger partial charge in [0, 0.05) is 16.7 Å². The number of hydrogen-bond acceptors (Lipinski definition) is 4. The molecule has 0 unspecified atom stereocenters. The van der Waals surface area contributed by atoms with Crippen LogP contribution in [-0.4, -0.2) is 13.3 Å². The lowest BCUT2D eigenvalue weighted by molar-refractivity contribution is 0.120. The largest absolute Gasteiger partial charge is 0.513 e. The standard InChI is InChI=1S/C18H18BrClO4/c1-4-12-8-14(19)17(9-15(12)20)23-10-13-11(2)6-5-7-16(13)24-18(21)22-3/h5-9H,4,10H2,1-3H3. The van der Waals surface area contributed by atoms with Gasteiger partial charge >= 0.3 is 6.16 Å². The molecule has 0 aliphatic carbocycles. The highest BCUT2D eigenvalue weighted by atomic mass is 79.9. The zero-order chi connectivity index (χ0) is 17.7. The molecular formula is C18H18BrClO4. The highest BCUT2D eigenvalue weighted by molar-refractivity contribution is 9.10. The third-order valence-electron chi connectivity index (χ3n) is 3.58. The van der Waals surface area contributed by atoms with Crippen molar-refractivity contribution >= 4 is 33.7 Å². The molecule has 0 radical (unpaired) electrons. The first kappa shape index (κ1) is 18.6. The van der Waals surface area contributed by atoms with Crippen molar-refractivity contribution in [2.24, 2.45) is 0 Å². The Morgan fingerprint density at radius 1 is 1.25 bits per heavy atom. The molecule has 0 bridgehead atoms. The maximum Gasteiger partial charge on any atom is 0.513 e. The molecule has 24 heavy (non-hydrogen) atoms. The monoisotopic (exact) mass is 412 g/mol. The van der Waals surface area contributed by atoms with Gasteiger partial charge in [-0.25, -0.2) is 4.79 Å². The number of rotatable bonds is 5. The summed E-state index contributed by atoms with van der Waals surface area (Å²) in [5.41, 5.74) is 2.76. The molecule has 0 aliphatic rings. The summed E-state index contributed by atoms with van der Waals surface area (Å²) in [6.07, 6.45) is 0.0745. The first-order valence-corrected chi connectivity index (χ1v) is 8.58. The number of aryl methyl sites for hydroxylation is 2. The Bertz CT molecular complexity index is 746. The lowest BCUT2D eigenvalue weighted by Gasteiger charge is -2.15. The predicted molar refractivity (Wildman–Crippen MR) is 97.1 cm³/mol. The van der Waals surface area contributed by atoms with Crippen LogP contribution in [0.25, 0.3) is 0 Å². The van der Waals surface area contributed by atoms with Crippen LogP contribution in [0.1, 0.15) is 23.6 Å². The van der Waals surface area contributed by atoms with Gasteiger partial charge < -0.3 is 14.2 Å². The molecule has 4 nitrogen and oxygen atoms in total. The molecule has 0 aromatic heterocycles. The fourth-order valence-corrected chi connectivity index (χ4v) is 2.98. The second kappa shape index (κ2) is 8.40. The Hall–Kier alpha value is -1.72. The van der Waals surface area contributed by atoms with Crippen LogP contribution in [-0.2, 0) is 17.8 Å². The second-order valence-electron chi connectivity index (χ2n) is 5.12. The van der Waals surface area contributed by atoms with E-state index in [0.29, 0.717) is 16.5 Å². The van der Waals surface area contributed by atoms with Crippen molar-refractivity contribution in [3.8, 4) is 11.5 Å². The molecule has 6 heteroatoms. The van der Waals surface area contributed by atoms with Gasteiger partial charge in [-0.05, 0) is 52.5 Å². The van der Waals surface area contributed by atoms with E-state index in [2.05, 4.69) is 20.7 Å². The highest BCUT2D eigenvalue weighted by Crippen LogP contribution is 2.33. The number of halogens is 2. The summed E-state index contributed by atoms with van der Waals surface area (Å²) < 4.78 is 16.4. The van der Waals surface area contributed by atoms with Crippen molar-refractivity contribution in [2.75, 3.05) is 7.11 Å². The van der Waals surface area contributed by atoms with Gasteiger partial charge in [-0.3, -0.25) is 0 Å². The molecule has 2 aromatic carbocycles. The predicted octanol–water partition coefficient (Wildman–Crippen LogP) is 5.70. The van der Waals surface area contributed by atoms with Crippen molar-refractivity contribution in [1.82, 2.24) is 0 Å². The second-order valence-corrected chi connectivity index (χ2v) is 6.39. The van der Waals surface area contributed by atoms with E-state index in [1.165, 1.54) is 7.11 Å². The Morgan fingerprint density at radius 3 is 2.67 bits per heavy atom. The molecule has 0 N–H and O–H groups in total. The molecule has 0 fully saturated rings. The number of ether oxygens (including phenoxy) is 3. The van der Waals surface area contributed by atoms with E-state index in [1.54, 1.807) is 18.2 Å². The van der Waals surface area contributed by atoms with Crippen molar-refractivity contribution < 1.29 is 19.0 Å². The average molecular weight is 414 g/mol. The van der Waals surface area contributed by atoms with Gasteiger partial charge in [-0.1, -0.05) is 30.7 Å². The number of carbonyl (C=O) groups excluding carboxylic acids is 1. The summed E-state index contributed by atoms with van der Waals surface area (Å²) in [5.74, 6) is 1.04. The normalized spacial score (nSPS) is 10.4. The van der Waals surface area contributed by atoms with Crippen LogP contribution < -0.4 is 9.47 Å². The van der Waals surface area contributed by atoms with E-state index in [4.69, 9.17) is 21.1 Å². The smallest absolute Gasteiger partial charge is 0.488 e. The Kier molecular flexibility index (Phi) is 6.52. The fraction of sp³-hybridized carbons (Fsp3) is 0.278. The van der Waals surface area contributed by atoms with Gasteiger partial charge in [-0.15, -0.1) is 0 Å². The van der Waals surface area contributed by atoms with Gasteiger partial charge in [0.05, 0.1) is 11.6 Å². The van der Waals surface area contributed by atoms with Crippen LogP contribution in [0.2, 0.25) is 5.02 Å². The fourth-order valence-electron chi connectivity index (χ4n) is 2.19. The van der Waals surface area contributed by atoms with Crippen molar-refractivity contribution in [1.29, 1.82) is 0 Å². The zero-order valence-corrected chi connectivity index (χ0v) is 16.0. The first-order chi connectivity index (χ1) is 11.5. The molecule has 0 atom stereocenters. The molecule has 2 aromatic rings. The maximum absolute atomic E-state index is 11.4. The number of benzene rings is 2. The lowest BCUT2D eigenvalue weighted by Crippen LogP contribution is -2.10. The van der Waals surface area contributed by atoms with Gasteiger partial charge in [-0.2, -0.15) is 0 Å². The molecule has 0 spiro atoms. The molecule has 2 rings (SSSR count). The molecule has 0 amide bonds. The van der Waals surface area contributed by atoms with Crippen molar-refractivity contribution in [3.05, 3.63) is 56.5 Å². The maximum atomic E-state index is 11.4. The Balaban J connectivity index is 2.23. The molecule has 128 valence electrons. The summed E-state index contributed by atoms with van der Waals surface area (Å²) in [7, 11) is 1.27. The number of hydrogen-bond donors (Lipinski definition) is 0. The summed E-state index contributed by atoms with van der Waals surface area (Å²) in [6, 6.07) is 9.15. The van der Waals surface area contributed by atoms with E-state index >= 15 is 0 Å². The summed E-state index contributed by atoms with van der Waals surface area (Å²) in [6.45, 7) is 4.20. The van der Waals surface area contributed by atoms with Crippen LogP contribution in [0.15, 0.2) is 34.8 Å². The summed E-state index contributed by atoms with van der Waals surface area (Å²) in [4.78, 5) is 11.4. The van der Waals surface area contributed by atoms with Gasteiger partial charge in [0.2, 0.25) is 0 Å². The van der Waals surface area contributed by atoms with Gasteiger partial charge in [0.1, 0.15) is 18.1 Å². The van der Waals surface area contributed by atoms with Crippen LogP contribution in [0.5, 0.6) is 11.5 Å². The highest BCUT2D eigenvalue weighted by Gasteiger charge is 2.14. The molecule has 0 aliphatic heterocycles. The van der Waals surface area contributed by atoms with Crippen LogP contribution in [0.3, 0.4) is 0 Å². The number of methoxy groups -OCH3 is 1. The van der Waals surface area contributed by atoms with Crippen LogP contribution >= 0.6 is 27.5 Å². The summed E-state index contributed by atoms with van der Waals surface area (Å²) >= 11 is 9.74. The zero-order valence-electron chi connectivity index (χ0n) is 13.7.